The fraction of sp³-hybridized carbons (Fsp3) is 0.278. The number of nitrogens with two attached hydrogens (primary N) is 1. The number of hydrogen-bond acceptors (Lipinski definition) is 6. The number of carbonyl (C=O) groups excluding carboxylic acids is 1. The lowest BCUT2D eigenvalue weighted by Crippen LogP contribution is -2.15. The minimum absolute atomic E-state index is 0.203. The molecule has 0 radical (unpaired) electrons. The van der Waals surface area contributed by atoms with Crippen molar-refractivity contribution in [1.29, 1.82) is 0 Å². The number of ether oxygens (including phenoxy) is 1. The van der Waals surface area contributed by atoms with E-state index in [9.17, 15) is 4.79 Å². The number of thioether (sulfide) groups is 1. The molecule has 3 rings (SSSR count). The SMILES string of the molecule is CCOc1ccccc1CSc1nnc(-c2ccco2)n1CCC(N)=O. The predicted molar refractivity (Wildman–Crippen MR) is 98.7 cm³/mol. The molecular formula is C18H20N4O3S. The molecule has 8 heteroatoms. The average Bonchev–Trinajstić information content (AvgIpc) is 3.29. The number of carbonyl (C=O) groups is 1. The van der Waals surface area contributed by atoms with Crippen molar-refractivity contribution >= 4 is 17.7 Å². The standard InChI is InChI=1S/C18H20N4O3S/c1-2-24-14-7-4-3-6-13(14)12-26-18-21-20-17(15-8-5-11-25-15)22(18)10-9-16(19)23/h3-8,11H,2,9-10,12H2,1H3,(H2,19,23). The summed E-state index contributed by atoms with van der Waals surface area (Å²) in [5.74, 6) is 2.34. The Hall–Kier alpha value is -2.74. The third-order valence-electron chi connectivity index (χ3n) is 3.67. The highest BCUT2D eigenvalue weighted by Crippen LogP contribution is 2.30. The van der Waals surface area contributed by atoms with E-state index in [0.29, 0.717) is 35.6 Å². The molecule has 3 aromatic rings. The second-order valence-electron chi connectivity index (χ2n) is 5.48. The van der Waals surface area contributed by atoms with Crippen LogP contribution in [0.3, 0.4) is 0 Å². The van der Waals surface area contributed by atoms with Gasteiger partial charge in [0, 0.05) is 24.3 Å². The van der Waals surface area contributed by atoms with Crippen molar-refractivity contribution < 1.29 is 13.9 Å². The number of furan rings is 1. The minimum Gasteiger partial charge on any atom is -0.494 e. The lowest BCUT2D eigenvalue weighted by atomic mass is 10.2. The maximum atomic E-state index is 11.2. The van der Waals surface area contributed by atoms with Crippen LogP contribution in [0.4, 0.5) is 0 Å². The summed E-state index contributed by atoms with van der Waals surface area (Å²) in [6.45, 7) is 2.97. The van der Waals surface area contributed by atoms with Crippen molar-refractivity contribution in [2.24, 2.45) is 5.73 Å². The third kappa shape index (κ3) is 4.26. The van der Waals surface area contributed by atoms with E-state index in [1.54, 1.807) is 12.3 Å². The van der Waals surface area contributed by atoms with Crippen molar-refractivity contribution in [2.45, 2.75) is 30.8 Å². The molecule has 1 amide bonds. The predicted octanol–water partition coefficient (Wildman–Crippen LogP) is 3.10. The number of rotatable bonds is 9. The highest BCUT2D eigenvalue weighted by atomic mass is 32.2. The topological polar surface area (TPSA) is 96.2 Å². The van der Waals surface area contributed by atoms with Crippen molar-refractivity contribution in [3.05, 3.63) is 48.2 Å². The molecule has 2 N–H and O–H groups in total. The van der Waals surface area contributed by atoms with Crippen LogP contribution in [0.2, 0.25) is 0 Å². The van der Waals surface area contributed by atoms with E-state index >= 15 is 0 Å². The fourth-order valence-corrected chi connectivity index (χ4v) is 3.42. The Morgan fingerprint density at radius 1 is 1.27 bits per heavy atom. The summed E-state index contributed by atoms with van der Waals surface area (Å²) in [6.07, 6.45) is 1.78. The summed E-state index contributed by atoms with van der Waals surface area (Å²) < 4.78 is 13.0. The largest absolute Gasteiger partial charge is 0.494 e. The zero-order chi connectivity index (χ0) is 18.4. The third-order valence-corrected chi connectivity index (χ3v) is 4.69. The molecule has 136 valence electrons. The molecule has 0 spiro atoms. The number of benzene rings is 1. The van der Waals surface area contributed by atoms with Gasteiger partial charge in [-0.15, -0.1) is 10.2 Å². The fourth-order valence-electron chi connectivity index (χ4n) is 2.47. The first-order valence-electron chi connectivity index (χ1n) is 8.28. The summed E-state index contributed by atoms with van der Waals surface area (Å²) in [4.78, 5) is 11.2. The Morgan fingerprint density at radius 3 is 2.85 bits per heavy atom. The van der Waals surface area contributed by atoms with Crippen LogP contribution in [0, 0.1) is 0 Å². The van der Waals surface area contributed by atoms with Gasteiger partial charge in [0.25, 0.3) is 0 Å². The molecule has 0 aliphatic heterocycles. The Bertz CT molecular complexity index is 861. The zero-order valence-corrected chi connectivity index (χ0v) is 15.2. The number of aromatic nitrogens is 3. The molecule has 0 bridgehead atoms. The number of para-hydroxylation sites is 1. The molecule has 0 aliphatic rings. The molecule has 2 heterocycles. The maximum absolute atomic E-state index is 11.2. The van der Waals surface area contributed by atoms with E-state index in [1.807, 2.05) is 41.8 Å². The maximum Gasteiger partial charge on any atom is 0.219 e. The van der Waals surface area contributed by atoms with Gasteiger partial charge >= 0.3 is 0 Å². The first-order valence-corrected chi connectivity index (χ1v) is 9.26. The van der Waals surface area contributed by atoms with Crippen molar-refractivity contribution in [3.8, 4) is 17.3 Å². The monoisotopic (exact) mass is 372 g/mol. The van der Waals surface area contributed by atoms with Crippen LogP contribution in [0.1, 0.15) is 18.9 Å². The van der Waals surface area contributed by atoms with E-state index < -0.39 is 0 Å². The summed E-state index contributed by atoms with van der Waals surface area (Å²) in [7, 11) is 0. The quantitative estimate of drug-likeness (QED) is 0.580. The summed E-state index contributed by atoms with van der Waals surface area (Å²) in [6, 6.07) is 11.5. The highest BCUT2D eigenvalue weighted by molar-refractivity contribution is 7.98. The van der Waals surface area contributed by atoms with Crippen LogP contribution in [-0.2, 0) is 17.1 Å². The smallest absolute Gasteiger partial charge is 0.219 e. The van der Waals surface area contributed by atoms with E-state index in [2.05, 4.69) is 10.2 Å². The molecule has 0 fully saturated rings. The molecule has 0 unspecified atom stereocenters. The second-order valence-corrected chi connectivity index (χ2v) is 6.42. The Balaban J connectivity index is 1.82. The average molecular weight is 372 g/mol. The van der Waals surface area contributed by atoms with Gasteiger partial charge in [0.05, 0.1) is 12.9 Å². The normalized spacial score (nSPS) is 10.8. The van der Waals surface area contributed by atoms with Gasteiger partial charge in [-0.25, -0.2) is 0 Å². The van der Waals surface area contributed by atoms with E-state index in [4.69, 9.17) is 14.9 Å². The summed E-state index contributed by atoms with van der Waals surface area (Å²) in [5, 5.41) is 9.18. The van der Waals surface area contributed by atoms with E-state index in [1.165, 1.54) is 11.8 Å². The molecule has 7 nitrogen and oxygen atoms in total. The van der Waals surface area contributed by atoms with Crippen molar-refractivity contribution in [3.63, 3.8) is 0 Å². The van der Waals surface area contributed by atoms with Gasteiger partial charge in [-0.1, -0.05) is 30.0 Å². The molecule has 2 aromatic heterocycles. The second kappa shape index (κ2) is 8.57. The summed E-state index contributed by atoms with van der Waals surface area (Å²) in [5.41, 5.74) is 6.38. The van der Waals surface area contributed by atoms with Crippen molar-refractivity contribution in [1.82, 2.24) is 14.8 Å². The van der Waals surface area contributed by atoms with Crippen molar-refractivity contribution in [2.75, 3.05) is 6.61 Å². The molecule has 0 saturated carbocycles. The first kappa shape index (κ1) is 18.1. The van der Waals surface area contributed by atoms with Gasteiger partial charge in [-0.3, -0.25) is 9.36 Å². The van der Waals surface area contributed by atoms with E-state index in [0.717, 1.165) is 11.3 Å². The molecule has 0 saturated heterocycles. The van der Waals surface area contributed by atoms with Crippen LogP contribution >= 0.6 is 11.8 Å². The number of primary amides is 1. The number of nitrogens with zero attached hydrogens (tertiary/aromatic N) is 3. The molecule has 0 atom stereocenters. The first-order chi connectivity index (χ1) is 12.7. The lowest BCUT2D eigenvalue weighted by molar-refractivity contribution is -0.118. The van der Waals surface area contributed by atoms with Crippen LogP contribution in [-0.4, -0.2) is 27.3 Å². The summed E-state index contributed by atoms with van der Waals surface area (Å²) >= 11 is 1.53. The molecule has 0 aliphatic carbocycles. The highest BCUT2D eigenvalue weighted by Gasteiger charge is 2.17. The molecule has 1 aromatic carbocycles. The molecular weight excluding hydrogens is 352 g/mol. The van der Waals surface area contributed by atoms with Crippen LogP contribution in [0.25, 0.3) is 11.6 Å². The number of hydrogen-bond donors (Lipinski definition) is 1. The van der Waals surface area contributed by atoms with Crippen LogP contribution in [0.5, 0.6) is 5.75 Å². The van der Waals surface area contributed by atoms with Gasteiger partial charge < -0.3 is 14.9 Å². The Kier molecular flexibility index (Phi) is 5.96. The zero-order valence-electron chi connectivity index (χ0n) is 14.4. The lowest BCUT2D eigenvalue weighted by Gasteiger charge is -2.10. The van der Waals surface area contributed by atoms with Crippen LogP contribution < -0.4 is 10.5 Å². The van der Waals surface area contributed by atoms with E-state index in [-0.39, 0.29) is 12.3 Å². The van der Waals surface area contributed by atoms with Crippen LogP contribution in [0.15, 0.2) is 52.2 Å². The van der Waals surface area contributed by atoms with Gasteiger partial charge in [0.1, 0.15) is 5.75 Å². The Morgan fingerprint density at radius 2 is 2.12 bits per heavy atom. The minimum atomic E-state index is -0.373. The van der Waals surface area contributed by atoms with Gasteiger partial charge in [0.2, 0.25) is 5.91 Å². The van der Waals surface area contributed by atoms with Gasteiger partial charge in [-0.05, 0) is 25.1 Å². The number of amides is 1. The van der Waals surface area contributed by atoms with Gasteiger partial charge in [0.15, 0.2) is 16.7 Å². The molecule has 26 heavy (non-hydrogen) atoms. The Labute approximate surface area is 155 Å². The van der Waals surface area contributed by atoms with Gasteiger partial charge in [-0.2, -0.15) is 0 Å².